The summed E-state index contributed by atoms with van der Waals surface area (Å²) in [6.45, 7) is 8.05. The summed E-state index contributed by atoms with van der Waals surface area (Å²) in [5, 5.41) is 6.19. The highest BCUT2D eigenvalue weighted by atomic mass is 16.6. The van der Waals surface area contributed by atoms with E-state index in [1.807, 2.05) is 54.9 Å². The quantitative estimate of drug-likeness (QED) is 0.296. The summed E-state index contributed by atoms with van der Waals surface area (Å²) in [6, 6.07) is 15.7. The van der Waals surface area contributed by atoms with Gasteiger partial charge in [0.15, 0.2) is 5.75 Å². The minimum absolute atomic E-state index is 0.418. The topological polar surface area (TPSA) is 96.8 Å². The smallest absolute Gasteiger partial charge is 0.417 e. The van der Waals surface area contributed by atoms with Crippen LogP contribution in [0.3, 0.4) is 0 Å². The highest BCUT2D eigenvalue weighted by Crippen LogP contribution is 2.33. The number of nitrogens with zero attached hydrogens (tertiary/aromatic N) is 5. The SMILES string of the molecule is CCc1cccc(C)c1NC(=O)Oc1cc(-c2ccnc(Nc3ccc(N4CCN(C)CC4)cc3OC)n2)n(C)c1. The Morgan fingerprint density at radius 3 is 2.61 bits per heavy atom. The predicted molar refractivity (Wildman–Crippen MR) is 163 cm³/mol. The summed E-state index contributed by atoms with van der Waals surface area (Å²) in [6.07, 6.45) is 3.72. The van der Waals surface area contributed by atoms with E-state index < -0.39 is 6.09 Å². The van der Waals surface area contributed by atoms with Gasteiger partial charge in [0.2, 0.25) is 5.95 Å². The largest absolute Gasteiger partial charge is 0.494 e. The summed E-state index contributed by atoms with van der Waals surface area (Å²) in [5.41, 5.74) is 6.20. The Bertz CT molecular complexity index is 1530. The third-order valence-electron chi connectivity index (χ3n) is 7.38. The van der Waals surface area contributed by atoms with E-state index in [-0.39, 0.29) is 0 Å². The molecule has 1 saturated heterocycles. The van der Waals surface area contributed by atoms with Gasteiger partial charge in [0.1, 0.15) is 5.75 Å². The fourth-order valence-electron chi connectivity index (χ4n) is 5.01. The van der Waals surface area contributed by atoms with Gasteiger partial charge in [0.25, 0.3) is 0 Å². The Hall–Kier alpha value is -4.57. The molecule has 5 rings (SSSR count). The lowest BCUT2D eigenvalue weighted by atomic mass is 10.1. The first-order valence-corrected chi connectivity index (χ1v) is 13.8. The molecule has 1 fully saturated rings. The van der Waals surface area contributed by atoms with Crippen molar-refractivity contribution in [1.82, 2.24) is 19.4 Å². The van der Waals surface area contributed by atoms with Gasteiger partial charge in [-0.2, -0.15) is 0 Å². The minimum Gasteiger partial charge on any atom is -0.494 e. The maximum Gasteiger partial charge on any atom is 0.417 e. The van der Waals surface area contributed by atoms with Crippen LogP contribution < -0.4 is 25.0 Å². The van der Waals surface area contributed by atoms with E-state index in [2.05, 4.69) is 45.5 Å². The van der Waals surface area contributed by atoms with Crippen LogP contribution >= 0.6 is 0 Å². The molecule has 41 heavy (non-hydrogen) atoms. The molecular formula is C31H37N7O3. The first-order chi connectivity index (χ1) is 19.8. The number of carbonyl (C=O) groups excluding carboxylic acids is 1. The van der Waals surface area contributed by atoms with Crippen molar-refractivity contribution in [2.45, 2.75) is 20.3 Å². The molecule has 2 N–H and O–H groups in total. The Balaban J connectivity index is 1.29. The van der Waals surface area contributed by atoms with Gasteiger partial charge in [-0.05, 0) is 49.7 Å². The lowest BCUT2D eigenvalue weighted by Crippen LogP contribution is -2.44. The summed E-state index contributed by atoms with van der Waals surface area (Å²) >= 11 is 0. The normalized spacial score (nSPS) is 13.6. The van der Waals surface area contributed by atoms with Gasteiger partial charge in [-0.25, -0.2) is 14.8 Å². The van der Waals surface area contributed by atoms with E-state index in [0.29, 0.717) is 17.4 Å². The molecule has 2 aromatic heterocycles. The number of hydrogen-bond acceptors (Lipinski definition) is 8. The number of ether oxygens (including phenoxy) is 2. The second-order valence-electron chi connectivity index (χ2n) is 10.2. The van der Waals surface area contributed by atoms with Crippen molar-refractivity contribution < 1.29 is 14.3 Å². The Labute approximate surface area is 240 Å². The van der Waals surface area contributed by atoms with Crippen molar-refractivity contribution in [2.24, 2.45) is 7.05 Å². The third kappa shape index (κ3) is 6.44. The summed E-state index contributed by atoms with van der Waals surface area (Å²) in [7, 11) is 5.69. The predicted octanol–water partition coefficient (Wildman–Crippen LogP) is 5.47. The van der Waals surface area contributed by atoms with Crippen LogP contribution in [0.15, 0.2) is 60.9 Å². The van der Waals surface area contributed by atoms with Crippen LogP contribution in [0.2, 0.25) is 0 Å². The number of hydrogen-bond donors (Lipinski definition) is 2. The van der Waals surface area contributed by atoms with Gasteiger partial charge < -0.3 is 29.2 Å². The number of rotatable bonds is 8. The van der Waals surface area contributed by atoms with E-state index in [4.69, 9.17) is 14.5 Å². The van der Waals surface area contributed by atoms with Gasteiger partial charge >= 0.3 is 6.09 Å². The lowest BCUT2D eigenvalue weighted by molar-refractivity contribution is 0.215. The first-order valence-electron chi connectivity index (χ1n) is 13.8. The second kappa shape index (κ2) is 12.3. The number of anilines is 4. The minimum atomic E-state index is -0.539. The zero-order chi connectivity index (χ0) is 28.9. The van der Waals surface area contributed by atoms with Crippen molar-refractivity contribution >= 4 is 29.1 Å². The molecule has 0 bridgehead atoms. The number of amides is 1. The van der Waals surface area contributed by atoms with Crippen LogP contribution in [-0.4, -0.2) is 65.9 Å². The number of para-hydroxylation sites is 1. The van der Waals surface area contributed by atoms with E-state index in [1.54, 1.807) is 25.6 Å². The van der Waals surface area contributed by atoms with Crippen LogP contribution in [0.1, 0.15) is 18.1 Å². The number of likely N-dealkylation sites (N-methyl/N-ethyl adjacent to an activating group) is 1. The maximum atomic E-state index is 12.7. The molecule has 3 heterocycles. The molecule has 10 nitrogen and oxygen atoms in total. The van der Waals surface area contributed by atoms with Crippen molar-refractivity contribution in [3.05, 3.63) is 72.1 Å². The average Bonchev–Trinajstić information content (AvgIpc) is 3.34. The fourth-order valence-corrected chi connectivity index (χ4v) is 5.01. The van der Waals surface area contributed by atoms with Gasteiger partial charge in [0, 0.05) is 63.4 Å². The van der Waals surface area contributed by atoms with Crippen LogP contribution in [0, 0.1) is 6.92 Å². The Morgan fingerprint density at radius 1 is 1.05 bits per heavy atom. The Morgan fingerprint density at radius 2 is 1.85 bits per heavy atom. The van der Waals surface area contributed by atoms with Gasteiger partial charge in [0.05, 0.1) is 29.9 Å². The lowest BCUT2D eigenvalue weighted by Gasteiger charge is -2.34. The highest BCUT2D eigenvalue weighted by molar-refractivity contribution is 5.88. The monoisotopic (exact) mass is 555 g/mol. The summed E-state index contributed by atoms with van der Waals surface area (Å²) in [5.74, 6) is 1.57. The van der Waals surface area contributed by atoms with Crippen molar-refractivity contribution in [3.8, 4) is 22.9 Å². The third-order valence-corrected chi connectivity index (χ3v) is 7.38. The number of benzene rings is 2. The molecule has 4 aromatic rings. The maximum absolute atomic E-state index is 12.7. The van der Waals surface area contributed by atoms with Gasteiger partial charge in [-0.1, -0.05) is 25.1 Å². The standard InChI is InChI=1S/C31H37N7O3/c1-6-22-9-7-8-21(2)29(22)35-31(39)41-24-19-27(37(4)20-24)25-12-13-32-30(33-25)34-26-11-10-23(18-28(26)40-5)38-16-14-36(3)15-17-38/h7-13,18-20H,6,14-17H2,1-5H3,(H,35,39)(H,32,33,34). The molecule has 0 spiro atoms. The summed E-state index contributed by atoms with van der Waals surface area (Å²) < 4.78 is 13.2. The van der Waals surface area contributed by atoms with Gasteiger partial charge in [-0.3, -0.25) is 5.32 Å². The van der Waals surface area contributed by atoms with Crippen molar-refractivity contribution in [1.29, 1.82) is 0 Å². The molecule has 1 amide bonds. The van der Waals surface area contributed by atoms with E-state index in [1.165, 1.54) is 0 Å². The van der Waals surface area contributed by atoms with Crippen molar-refractivity contribution in [2.75, 3.05) is 55.9 Å². The average molecular weight is 556 g/mol. The molecule has 2 aromatic carbocycles. The van der Waals surface area contributed by atoms with Crippen LogP contribution in [-0.2, 0) is 13.5 Å². The number of piperazine rings is 1. The number of carbonyl (C=O) groups is 1. The number of aryl methyl sites for hydroxylation is 3. The molecular weight excluding hydrogens is 518 g/mol. The molecule has 0 atom stereocenters. The molecule has 10 heteroatoms. The molecule has 0 radical (unpaired) electrons. The second-order valence-corrected chi connectivity index (χ2v) is 10.2. The zero-order valence-electron chi connectivity index (χ0n) is 24.3. The van der Waals surface area contributed by atoms with E-state index >= 15 is 0 Å². The van der Waals surface area contributed by atoms with Crippen LogP contribution in [0.4, 0.5) is 27.8 Å². The molecule has 0 unspecified atom stereocenters. The molecule has 1 aliphatic rings. The van der Waals surface area contributed by atoms with Crippen LogP contribution in [0.5, 0.6) is 11.5 Å². The fraction of sp³-hybridized carbons (Fsp3) is 0.323. The van der Waals surface area contributed by atoms with Crippen LogP contribution in [0.25, 0.3) is 11.4 Å². The van der Waals surface area contributed by atoms with E-state index in [9.17, 15) is 4.79 Å². The molecule has 0 saturated carbocycles. The highest BCUT2D eigenvalue weighted by Gasteiger charge is 2.17. The summed E-state index contributed by atoms with van der Waals surface area (Å²) in [4.78, 5) is 26.5. The Kier molecular flexibility index (Phi) is 8.39. The van der Waals surface area contributed by atoms with Gasteiger partial charge in [-0.15, -0.1) is 0 Å². The number of aromatic nitrogens is 3. The molecule has 0 aliphatic carbocycles. The molecule has 214 valence electrons. The zero-order valence-corrected chi connectivity index (χ0v) is 24.3. The first kappa shape index (κ1) is 28.0. The number of nitrogens with one attached hydrogen (secondary N) is 2. The van der Waals surface area contributed by atoms with Crippen molar-refractivity contribution in [3.63, 3.8) is 0 Å². The number of methoxy groups -OCH3 is 1. The molecule has 1 aliphatic heterocycles. The van der Waals surface area contributed by atoms with E-state index in [0.717, 1.165) is 72.2 Å².